The Labute approximate surface area is 122 Å². The predicted molar refractivity (Wildman–Crippen MR) is 74.6 cm³/mol. The number of aromatic nitrogens is 2. The lowest BCUT2D eigenvalue weighted by atomic mass is 10.2. The Morgan fingerprint density at radius 1 is 1.35 bits per heavy atom. The van der Waals surface area contributed by atoms with Gasteiger partial charge >= 0.3 is 6.18 Å². The second-order valence-corrected chi connectivity index (χ2v) is 5.25. The van der Waals surface area contributed by atoms with Gasteiger partial charge in [0.2, 0.25) is 0 Å². The molecule has 1 N–H and O–H groups in total. The monoisotopic (exact) mass is 347 g/mol. The van der Waals surface area contributed by atoms with Gasteiger partial charge in [0.1, 0.15) is 0 Å². The molecule has 1 aromatic heterocycles. The average molecular weight is 348 g/mol. The highest BCUT2D eigenvalue weighted by Gasteiger charge is 2.30. The van der Waals surface area contributed by atoms with Crippen LogP contribution >= 0.6 is 15.9 Å². The van der Waals surface area contributed by atoms with Crippen LogP contribution in [-0.4, -0.2) is 16.3 Å². The van der Waals surface area contributed by atoms with Crippen molar-refractivity contribution in [3.8, 4) is 0 Å². The Balaban J connectivity index is 1.96. The topological polar surface area (TPSA) is 29.9 Å². The molecule has 108 valence electrons. The Morgan fingerprint density at radius 2 is 2.10 bits per heavy atom. The van der Waals surface area contributed by atoms with Crippen LogP contribution in [0.2, 0.25) is 0 Å². The van der Waals surface area contributed by atoms with Gasteiger partial charge in [-0.1, -0.05) is 0 Å². The van der Waals surface area contributed by atoms with E-state index in [1.807, 2.05) is 13.1 Å². The molecule has 0 atom stereocenters. The van der Waals surface area contributed by atoms with Crippen LogP contribution in [0.4, 0.5) is 18.9 Å². The van der Waals surface area contributed by atoms with Crippen LogP contribution in [0.15, 0.2) is 35.1 Å². The maximum Gasteiger partial charge on any atom is 0.416 e. The molecule has 0 aliphatic rings. The zero-order valence-corrected chi connectivity index (χ0v) is 12.3. The zero-order chi connectivity index (χ0) is 14.8. The third-order valence-corrected chi connectivity index (χ3v) is 3.37. The van der Waals surface area contributed by atoms with Crippen LogP contribution in [0.3, 0.4) is 0 Å². The first-order valence-electron chi connectivity index (χ1n) is 5.96. The molecule has 0 saturated carbocycles. The van der Waals surface area contributed by atoms with Crippen molar-refractivity contribution in [3.63, 3.8) is 0 Å². The fourth-order valence-corrected chi connectivity index (χ4v) is 2.25. The molecule has 2 rings (SSSR count). The summed E-state index contributed by atoms with van der Waals surface area (Å²) in [7, 11) is 0. The van der Waals surface area contributed by atoms with E-state index in [0.717, 1.165) is 17.7 Å². The van der Waals surface area contributed by atoms with Crippen LogP contribution in [0.5, 0.6) is 0 Å². The van der Waals surface area contributed by atoms with Crippen molar-refractivity contribution >= 4 is 21.6 Å². The van der Waals surface area contributed by atoms with E-state index in [-0.39, 0.29) is 0 Å². The fraction of sp³-hybridized carbons (Fsp3) is 0.308. The van der Waals surface area contributed by atoms with E-state index in [0.29, 0.717) is 23.2 Å². The molecule has 2 aromatic rings. The van der Waals surface area contributed by atoms with Crippen molar-refractivity contribution < 1.29 is 13.2 Å². The first-order chi connectivity index (χ1) is 9.36. The lowest BCUT2D eigenvalue weighted by molar-refractivity contribution is -0.137. The Bertz CT molecular complexity index is 593. The van der Waals surface area contributed by atoms with Crippen LogP contribution in [-0.2, 0) is 12.7 Å². The van der Waals surface area contributed by atoms with Crippen LogP contribution in [0, 0.1) is 6.92 Å². The van der Waals surface area contributed by atoms with Gasteiger partial charge in [0.25, 0.3) is 0 Å². The number of rotatable bonds is 4. The van der Waals surface area contributed by atoms with Gasteiger partial charge in [-0.25, -0.2) is 0 Å². The molecule has 0 spiro atoms. The van der Waals surface area contributed by atoms with Crippen molar-refractivity contribution in [1.29, 1.82) is 0 Å². The number of anilines is 1. The van der Waals surface area contributed by atoms with Crippen molar-refractivity contribution in [2.45, 2.75) is 19.6 Å². The minimum absolute atomic E-state index is 0.393. The Kier molecular flexibility index (Phi) is 4.37. The highest BCUT2D eigenvalue weighted by molar-refractivity contribution is 9.10. The number of aryl methyl sites for hydroxylation is 1. The van der Waals surface area contributed by atoms with Crippen LogP contribution in [0.1, 0.15) is 11.1 Å². The Morgan fingerprint density at radius 3 is 2.65 bits per heavy atom. The van der Waals surface area contributed by atoms with E-state index in [9.17, 15) is 13.2 Å². The van der Waals surface area contributed by atoms with E-state index in [1.165, 1.54) is 6.07 Å². The summed E-state index contributed by atoms with van der Waals surface area (Å²) in [5.74, 6) is 0. The molecule has 0 radical (unpaired) electrons. The zero-order valence-electron chi connectivity index (χ0n) is 10.7. The van der Waals surface area contributed by atoms with Gasteiger partial charge in [0.05, 0.1) is 18.3 Å². The maximum atomic E-state index is 12.5. The second-order valence-electron chi connectivity index (χ2n) is 4.40. The van der Waals surface area contributed by atoms with Crippen molar-refractivity contribution in [1.82, 2.24) is 9.78 Å². The van der Waals surface area contributed by atoms with Gasteiger partial charge in [-0.05, 0) is 46.6 Å². The van der Waals surface area contributed by atoms with Crippen LogP contribution < -0.4 is 5.32 Å². The molecule has 0 aliphatic carbocycles. The number of halogens is 4. The quantitative estimate of drug-likeness (QED) is 0.902. The van der Waals surface area contributed by atoms with E-state index in [1.54, 1.807) is 10.9 Å². The molecule has 0 bridgehead atoms. The van der Waals surface area contributed by atoms with E-state index in [2.05, 4.69) is 26.3 Å². The van der Waals surface area contributed by atoms with Crippen LogP contribution in [0.25, 0.3) is 0 Å². The predicted octanol–water partition coefficient (Wildman–Crippen LogP) is 4.08. The number of hydrogen-bond acceptors (Lipinski definition) is 2. The van der Waals surface area contributed by atoms with E-state index in [4.69, 9.17) is 0 Å². The highest BCUT2D eigenvalue weighted by atomic mass is 79.9. The van der Waals surface area contributed by atoms with E-state index >= 15 is 0 Å². The number of benzene rings is 1. The number of nitrogens with zero attached hydrogens (tertiary/aromatic N) is 2. The summed E-state index contributed by atoms with van der Waals surface area (Å²) in [5, 5.41) is 7.21. The first-order valence-corrected chi connectivity index (χ1v) is 6.75. The second kappa shape index (κ2) is 5.87. The Hall–Kier alpha value is -1.50. The molecule has 0 amide bonds. The van der Waals surface area contributed by atoms with Crippen molar-refractivity contribution in [3.05, 3.63) is 46.2 Å². The van der Waals surface area contributed by atoms with Crippen molar-refractivity contribution in [2.75, 3.05) is 11.9 Å². The molecule has 20 heavy (non-hydrogen) atoms. The number of hydrogen-bond donors (Lipinski definition) is 1. The lowest BCUT2D eigenvalue weighted by Gasteiger charge is -2.12. The summed E-state index contributed by atoms with van der Waals surface area (Å²) in [6, 6.07) is 3.55. The van der Waals surface area contributed by atoms with Gasteiger partial charge in [0.15, 0.2) is 0 Å². The summed E-state index contributed by atoms with van der Waals surface area (Å²) in [6.45, 7) is 3.16. The summed E-state index contributed by atoms with van der Waals surface area (Å²) in [5.41, 5.74) is 1.03. The molecule has 1 aromatic carbocycles. The summed E-state index contributed by atoms with van der Waals surface area (Å²) >= 11 is 3.15. The smallest absolute Gasteiger partial charge is 0.382 e. The molecule has 3 nitrogen and oxygen atoms in total. The van der Waals surface area contributed by atoms with Gasteiger partial charge < -0.3 is 5.32 Å². The molecule has 0 unspecified atom stereocenters. The third kappa shape index (κ3) is 3.75. The molecule has 0 saturated heterocycles. The minimum atomic E-state index is -4.33. The fourth-order valence-electron chi connectivity index (χ4n) is 1.73. The molecular weight excluding hydrogens is 335 g/mol. The summed E-state index contributed by atoms with van der Waals surface area (Å²) < 4.78 is 39.7. The number of alkyl halides is 3. The van der Waals surface area contributed by atoms with Gasteiger partial charge in [0, 0.05) is 22.9 Å². The number of nitrogens with one attached hydrogen (secondary N) is 1. The van der Waals surface area contributed by atoms with Gasteiger partial charge in [-0.3, -0.25) is 4.68 Å². The normalized spacial score (nSPS) is 11.7. The highest BCUT2D eigenvalue weighted by Crippen LogP contribution is 2.33. The standard InChI is InChI=1S/C13H13BrF3N3/c1-9-7-19-20(8-9)5-4-18-12-3-2-10(6-11(12)14)13(15,16)17/h2-3,6-8,18H,4-5H2,1H3. The molecule has 0 aliphatic heterocycles. The summed E-state index contributed by atoms with van der Waals surface area (Å²) in [4.78, 5) is 0. The largest absolute Gasteiger partial charge is 0.416 e. The molecule has 1 heterocycles. The van der Waals surface area contributed by atoms with Gasteiger partial charge in [-0.15, -0.1) is 0 Å². The minimum Gasteiger partial charge on any atom is -0.382 e. The van der Waals surface area contributed by atoms with Crippen molar-refractivity contribution in [2.24, 2.45) is 0 Å². The maximum absolute atomic E-state index is 12.5. The lowest BCUT2D eigenvalue weighted by Crippen LogP contribution is -2.11. The molecule has 0 fully saturated rings. The summed E-state index contributed by atoms with van der Waals surface area (Å²) in [6.07, 6.45) is -0.662. The molecular formula is C13H13BrF3N3. The first kappa shape index (κ1) is 14.9. The third-order valence-electron chi connectivity index (χ3n) is 2.72. The average Bonchev–Trinajstić information content (AvgIpc) is 2.76. The van der Waals surface area contributed by atoms with E-state index < -0.39 is 11.7 Å². The SMILES string of the molecule is Cc1cnn(CCNc2ccc(C(F)(F)F)cc2Br)c1. The molecule has 7 heteroatoms. The van der Waals surface area contributed by atoms with Gasteiger partial charge in [-0.2, -0.15) is 18.3 Å².